The Morgan fingerprint density at radius 1 is 0.667 bits per heavy atom. The van der Waals surface area contributed by atoms with Gasteiger partial charge < -0.3 is 0 Å². The van der Waals surface area contributed by atoms with Crippen LogP contribution in [0.25, 0.3) is 0 Å². The van der Waals surface area contributed by atoms with E-state index in [1.807, 2.05) is 24.3 Å². The molecular formula is C25H41BrO. The largest absolute Gasteiger partial charge is 0.294 e. The molecule has 0 aliphatic carbocycles. The Bertz CT molecular complexity index is 466. The van der Waals surface area contributed by atoms with Gasteiger partial charge in [-0.2, -0.15) is 0 Å². The number of Topliss-reactive ketones (excluding diaryl/α,β-unsaturated/α-hetero) is 1. The van der Waals surface area contributed by atoms with Crippen molar-refractivity contribution in [2.45, 2.75) is 115 Å². The number of alkyl halides is 1. The summed E-state index contributed by atoms with van der Waals surface area (Å²) in [4.78, 5) is 12.2. The van der Waals surface area contributed by atoms with E-state index in [4.69, 9.17) is 0 Å². The third-order valence-electron chi connectivity index (χ3n) is 5.44. The molecule has 1 aromatic rings. The molecule has 0 unspecified atom stereocenters. The zero-order valence-corrected chi connectivity index (χ0v) is 19.2. The van der Waals surface area contributed by atoms with E-state index in [9.17, 15) is 4.79 Å². The molecule has 27 heavy (non-hydrogen) atoms. The van der Waals surface area contributed by atoms with Crippen LogP contribution in [0.15, 0.2) is 24.3 Å². The van der Waals surface area contributed by atoms with Crippen molar-refractivity contribution in [2.24, 2.45) is 0 Å². The highest BCUT2D eigenvalue weighted by atomic mass is 79.9. The van der Waals surface area contributed by atoms with Crippen molar-refractivity contribution in [3.05, 3.63) is 35.4 Å². The van der Waals surface area contributed by atoms with E-state index >= 15 is 0 Å². The van der Waals surface area contributed by atoms with Crippen LogP contribution < -0.4 is 0 Å². The standard InChI is InChI=1S/C25H41BrO/c1-2-3-4-5-6-7-8-9-10-11-12-13-14-15-16-17-25(27)24-20-18-23(22-26)19-21-24/h18-21H,2-17,22H2,1H3. The van der Waals surface area contributed by atoms with Crippen LogP contribution in [-0.2, 0) is 5.33 Å². The summed E-state index contributed by atoms with van der Waals surface area (Å²) in [6.07, 6.45) is 21.1. The number of carbonyl (C=O) groups is 1. The van der Waals surface area contributed by atoms with Gasteiger partial charge in [0, 0.05) is 17.3 Å². The van der Waals surface area contributed by atoms with E-state index in [2.05, 4.69) is 22.9 Å². The molecule has 1 aromatic carbocycles. The topological polar surface area (TPSA) is 17.1 Å². The lowest BCUT2D eigenvalue weighted by Gasteiger charge is -2.04. The van der Waals surface area contributed by atoms with Gasteiger partial charge in [-0.1, -0.05) is 137 Å². The predicted molar refractivity (Wildman–Crippen MR) is 123 cm³/mol. The molecule has 0 amide bonds. The van der Waals surface area contributed by atoms with Crippen molar-refractivity contribution >= 4 is 21.7 Å². The van der Waals surface area contributed by atoms with Crippen LogP contribution in [0, 0.1) is 0 Å². The van der Waals surface area contributed by atoms with Crippen LogP contribution in [0.1, 0.15) is 126 Å². The smallest absolute Gasteiger partial charge is 0.162 e. The van der Waals surface area contributed by atoms with E-state index in [1.165, 1.54) is 95.5 Å². The number of carbonyl (C=O) groups excluding carboxylic acids is 1. The van der Waals surface area contributed by atoms with Gasteiger partial charge in [0.2, 0.25) is 0 Å². The summed E-state index contributed by atoms with van der Waals surface area (Å²) >= 11 is 3.44. The van der Waals surface area contributed by atoms with Gasteiger partial charge in [0.1, 0.15) is 0 Å². The molecule has 0 aliphatic heterocycles. The van der Waals surface area contributed by atoms with E-state index in [0.29, 0.717) is 12.2 Å². The lowest BCUT2D eigenvalue weighted by molar-refractivity contribution is 0.0979. The summed E-state index contributed by atoms with van der Waals surface area (Å²) in [5, 5.41) is 0.848. The Kier molecular flexibility index (Phi) is 15.8. The van der Waals surface area contributed by atoms with Crippen molar-refractivity contribution in [3.8, 4) is 0 Å². The first-order valence-corrected chi connectivity index (χ1v) is 12.6. The monoisotopic (exact) mass is 436 g/mol. The highest BCUT2D eigenvalue weighted by molar-refractivity contribution is 9.08. The minimum absolute atomic E-state index is 0.297. The minimum Gasteiger partial charge on any atom is -0.294 e. The first-order chi connectivity index (χ1) is 13.3. The number of unbranched alkanes of at least 4 members (excludes halogenated alkanes) is 14. The van der Waals surface area contributed by atoms with E-state index < -0.39 is 0 Å². The maximum atomic E-state index is 12.2. The second kappa shape index (κ2) is 17.5. The SMILES string of the molecule is CCCCCCCCCCCCCCCCCC(=O)c1ccc(CBr)cc1. The lowest BCUT2D eigenvalue weighted by atomic mass is 10.0. The van der Waals surface area contributed by atoms with Crippen molar-refractivity contribution in [3.63, 3.8) is 0 Å². The Morgan fingerprint density at radius 3 is 1.48 bits per heavy atom. The maximum absolute atomic E-state index is 12.2. The molecule has 0 fully saturated rings. The normalized spacial score (nSPS) is 11.0. The van der Waals surface area contributed by atoms with Gasteiger partial charge in [-0.15, -0.1) is 0 Å². The molecule has 0 aliphatic rings. The third kappa shape index (κ3) is 13.2. The van der Waals surface area contributed by atoms with Crippen LogP contribution in [0.4, 0.5) is 0 Å². The van der Waals surface area contributed by atoms with Crippen LogP contribution >= 0.6 is 15.9 Å². The van der Waals surface area contributed by atoms with Gasteiger partial charge in [0.25, 0.3) is 0 Å². The number of hydrogen-bond donors (Lipinski definition) is 0. The van der Waals surface area contributed by atoms with Crippen molar-refractivity contribution in [1.82, 2.24) is 0 Å². The minimum atomic E-state index is 0.297. The molecule has 0 spiro atoms. The number of halogens is 1. The van der Waals surface area contributed by atoms with Crippen LogP contribution in [0.5, 0.6) is 0 Å². The van der Waals surface area contributed by atoms with Crippen molar-refractivity contribution in [1.29, 1.82) is 0 Å². The second-order valence-electron chi connectivity index (χ2n) is 7.95. The third-order valence-corrected chi connectivity index (χ3v) is 6.09. The molecule has 1 nitrogen and oxygen atoms in total. The Labute approximate surface area is 176 Å². The number of rotatable bonds is 18. The molecular weight excluding hydrogens is 396 g/mol. The Morgan fingerprint density at radius 2 is 1.07 bits per heavy atom. The fourth-order valence-corrected chi connectivity index (χ4v) is 3.95. The van der Waals surface area contributed by atoms with Gasteiger partial charge in [-0.25, -0.2) is 0 Å². The molecule has 0 aromatic heterocycles. The summed E-state index contributed by atoms with van der Waals surface area (Å²) < 4.78 is 0. The summed E-state index contributed by atoms with van der Waals surface area (Å²) in [5.74, 6) is 0.297. The molecule has 154 valence electrons. The van der Waals surface area contributed by atoms with E-state index in [-0.39, 0.29) is 0 Å². The molecule has 0 bridgehead atoms. The summed E-state index contributed by atoms with van der Waals surface area (Å²) in [7, 11) is 0. The lowest BCUT2D eigenvalue weighted by Crippen LogP contribution is -1.99. The quantitative estimate of drug-likeness (QED) is 0.127. The summed E-state index contributed by atoms with van der Waals surface area (Å²) in [6, 6.07) is 8.00. The molecule has 0 saturated heterocycles. The molecule has 2 heteroatoms. The zero-order valence-electron chi connectivity index (χ0n) is 17.6. The average Bonchev–Trinajstić information content (AvgIpc) is 2.70. The molecule has 0 N–H and O–H groups in total. The number of ketones is 1. The first kappa shape index (κ1) is 24.4. The van der Waals surface area contributed by atoms with Crippen LogP contribution in [0.3, 0.4) is 0 Å². The fourth-order valence-electron chi connectivity index (χ4n) is 3.58. The second-order valence-corrected chi connectivity index (χ2v) is 8.51. The van der Waals surface area contributed by atoms with E-state index in [0.717, 1.165) is 17.3 Å². The maximum Gasteiger partial charge on any atom is 0.162 e. The molecule has 1 rings (SSSR count). The van der Waals surface area contributed by atoms with Crippen molar-refractivity contribution in [2.75, 3.05) is 0 Å². The fraction of sp³-hybridized carbons (Fsp3) is 0.720. The highest BCUT2D eigenvalue weighted by Crippen LogP contribution is 2.15. The van der Waals surface area contributed by atoms with Gasteiger partial charge in [0.05, 0.1) is 0 Å². The van der Waals surface area contributed by atoms with E-state index in [1.54, 1.807) is 0 Å². The van der Waals surface area contributed by atoms with Crippen LogP contribution in [0.2, 0.25) is 0 Å². The zero-order chi connectivity index (χ0) is 19.6. The highest BCUT2D eigenvalue weighted by Gasteiger charge is 2.05. The van der Waals surface area contributed by atoms with Gasteiger partial charge in [-0.05, 0) is 12.0 Å². The molecule has 0 saturated carbocycles. The van der Waals surface area contributed by atoms with Gasteiger partial charge in [0.15, 0.2) is 5.78 Å². The average molecular weight is 438 g/mol. The molecule has 0 radical (unpaired) electrons. The number of benzene rings is 1. The Hall–Kier alpha value is -0.630. The predicted octanol–water partition coefficient (Wildman–Crippen LogP) is 9.03. The van der Waals surface area contributed by atoms with Gasteiger partial charge >= 0.3 is 0 Å². The summed E-state index contributed by atoms with van der Waals surface area (Å²) in [5.41, 5.74) is 2.09. The molecule has 0 heterocycles. The van der Waals surface area contributed by atoms with Gasteiger partial charge in [-0.3, -0.25) is 4.79 Å². The molecule has 0 atom stereocenters. The Balaban J connectivity index is 1.85. The number of hydrogen-bond acceptors (Lipinski definition) is 1. The van der Waals surface area contributed by atoms with Crippen LogP contribution in [-0.4, -0.2) is 5.78 Å². The van der Waals surface area contributed by atoms with Crippen molar-refractivity contribution < 1.29 is 4.79 Å². The summed E-state index contributed by atoms with van der Waals surface area (Å²) in [6.45, 7) is 2.28. The first-order valence-electron chi connectivity index (χ1n) is 11.5.